The molecule has 34 heavy (non-hydrogen) atoms. The van der Waals surface area contributed by atoms with Crippen LogP contribution >= 0.6 is 0 Å². The quantitative estimate of drug-likeness (QED) is 0.329. The fraction of sp³-hybridized carbons (Fsp3) is 0.903. The van der Waals surface area contributed by atoms with Crippen LogP contribution < -0.4 is 0 Å². The molecule has 0 aliphatic heterocycles. The van der Waals surface area contributed by atoms with Crippen molar-refractivity contribution in [1.82, 2.24) is 0 Å². The highest BCUT2D eigenvalue weighted by Gasteiger charge is 2.65. The van der Waals surface area contributed by atoms with Crippen LogP contribution in [0.4, 0.5) is 0 Å². The van der Waals surface area contributed by atoms with Gasteiger partial charge in [-0.3, -0.25) is 4.79 Å². The zero-order valence-corrected chi connectivity index (χ0v) is 23.4. The second kappa shape index (κ2) is 8.93. The van der Waals surface area contributed by atoms with E-state index < -0.39 is 0 Å². The van der Waals surface area contributed by atoms with Crippen molar-refractivity contribution in [3.05, 3.63) is 11.6 Å². The number of allylic oxidation sites excluding steroid dienone is 2. The highest BCUT2D eigenvalue weighted by Crippen LogP contribution is 2.72. The molecule has 1 N–H and O–H groups in total. The van der Waals surface area contributed by atoms with Gasteiger partial charge >= 0.3 is 5.97 Å². The van der Waals surface area contributed by atoms with Crippen molar-refractivity contribution in [2.75, 3.05) is 0 Å². The van der Waals surface area contributed by atoms with E-state index in [4.69, 9.17) is 4.74 Å². The largest absolute Gasteiger partial charge is 0.459 e. The van der Waals surface area contributed by atoms with Gasteiger partial charge in [-0.05, 0) is 125 Å². The monoisotopic (exact) mass is 472 g/mol. The van der Waals surface area contributed by atoms with Gasteiger partial charge in [0.25, 0.3) is 0 Å². The SMILES string of the molecule is CC(=O)OC(C)(CCC=C(C)C)C1CCC2C1CCC1C2(C)CCC2C(C)(C)C(O)CCC21C. The number of carbonyl (C=O) groups excluding carboxylic acids is 1. The highest BCUT2D eigenvalue weighted by atomic mass is 16.6. The van der Waals surface area contributed by atoms with Crippen molar-refractivity contribution < 1.29 is 14.6 Å². The van der Waals surface area contributed by atoms with Gasteiger partial charge in [0.1, 0.15) is 5.60 Å². The Hall–Kier alpha value is -0.830. The molecule has 0 aromatic rings. The van der Waals surface area contributed by atoms with Crippen molar-refractivity contribution >= 4 is 5.97 Å². The summed E-state index contributed by atoms with van der Waals surface area (Å²) in [6, 6.07) is 0. The normalized spacial score (nSPS) is 44.7. The van der Waals surface area contributed by atoms with Crippen molar-refractivity contribution in [3.63, 3.8) is 0 Å². The summed E-state index contributed by atoms with van der Waals surface area (Å²) in [7, 11) is 0. The number of rotatable bonds is 5. The summed E-state index contributed by atoms with van der Waals surface area (Å²) in [4.78, 5) is 12.2. The summed E-state index contributed by atoms with van der Waals surface area (Å²) in [5.41, 5.74) is 1.70. The van der Waals surface area contributed by atoms with E-state index in [1.807, 2.05) is 0 Å². The fourth-order valence-corrected chi connectivity index (χ4v) is 10.4. The topological polar surface area (TPSA) is 46.5 Å². The second-order valence-electron chi connectivity index (χ2n) is 14.3. The molecule has 4 aliphatic rings. The van der Waals surface area contributed by atoms with E-state index in [0.29, 0.717) is 28.6 Å². The van der Waals surface area contributed by atoms with E-state index in [-0.39, 0.29) is 23.1 Å². The lowest BCUT2D eigenvalue weighted by molar-refractivity contribution is -0.203. The maximum atomic E-state index is 12.2. The highest BCUT2D eigenvalue weighted by molar-refractivity contribution is 5.66. The van der Waals surface area contributed by atoms with Crippen LogP contribution in [0.5, 0.6) is 0 Å². The van der Waals surface area contributed by atoms with Crippen molar-refractivity contribution in [2.45, 2.75) is 131 Å². The summed E-state index contributed by atoms with van der Waals surface area (Å²) < 4.78 is 6.17. The number of ether oxygens (including phenoxy) is 1. The molecule has 4 saturated carbocycles. The summed E-state index contributed by atoms with van der Waals surface area (Å²) in [5.74, 6) is 3.11. The zero-order valence-electron chi connectivity index (χ0n) is 23.4. The van der Waals surface area contributed by atoms with Gasteiger partial charge < -0.3 is 9.84 Å². The maximum Gasteiger partial charge on any atom is 0.303 e. The number of hydrogen-bond donors (Lipinski definition) is 1. The van der Waals surface area contributed by atoms with E-state index in [1.165, 1.54) is 50.5 Å². The van der Waals surface area contributed by atoms with E-state index in [1.54, 1.807) is 6.92 Å². The lowest BCUT2D eigenvalue weighted by Gasteiger charge is -2.67. The molecule has 4 rings (SSSR count). The molecule has 0 saturated heterocycles. The molecule has 194 valence electrons. The van der Waals surface area contributed by atoms with Crippen molar-refractivity contribution in [3.8, 4) is 0 Å². The predicted molar refractivity (Wildman–Crippen MR) is 139 cm³/mol. The van der Waals surface area contributed by atoms with Crippen LogP contribution in [0.25, 0.3) is 0 Å². The molecule has 0 bridgehead atoms. The van der Waals surface area contributed by atoms with Crippen LogP contribution in [-0.4, -0.2) is 22.8 Å². The van der Waals surface area contributed by atoms with Crippen LogP contribution in [-0.2, 0) is 9.53 Å². The summed E-state index contributed by atoms with van der Waals surface area (Å²) >= 11 is 0. The Morgan fingerprint density at radius 2 is 1.62 bits per heavy atom. The Kier molecular flexibility index (Phi) is 6.89. The third-order valence-corrected chi connectivity index (χ3v) is 11.9. The molecule has 4 fully saturated rings. The Bertz CT molecular complexity index is 809. The second-order valence-corrected chi connectivity index (χ2v) is 14.3. The summed E-state index contributed by atoms with van der Waals surface area (Å²) in [5, 5.41) is 10.9. The molecule has 4 aliphatic carbocycles. The smallest absolute Gasteiger partial charge is 0.303 e. The van der Waals surface area contributed by atoms with Crippen LogP contribution in [0.2, 0.25) is 0 Å². The Morgan fingerprint density at radius 1 is 0.941 bits per heavy atom. The van der Waals surface area contributed by atoms with Gasteiger partial charge in [-0.25, -0.2) is 0 Å². The van der Waals surface area contributed by atoms with Gasteiger partial charge in [-0.15, -0.1) is 0 Å². The number of esters is 1. The van der Waals surface area contributed by atoms with Crippen molar-refractivity contribution in [2.24, 2.45) is 45.8 Å². The third kappa shape index (κ3) is 4.10. The fourth-order valence-electron chi connectivity index (χ4n) is 10.4. The summed E-state index contributed by atoms with van der Waals surface area (Å²) in [6.45, 7) is 18.0. The third-order valence-electron chi connectivity index (χ3n) is 11.9. The lowest BCUT2D eigenvalue weighted by Crippen LogP contribution is -2.61. The predicted octanol–water partition coefficient (Wildman–Crippen LogP) is 7.71. The van der Waals surface area contributed by atoms with Gasteiger partial charge in [0, 0.05) is 12.8 Å². The molecule has 0 radical (unpaired) electrons. The number of fused-ring (bicyclic) bond motifs is 5. The Labute approximate surface area is 209 Å². The first-order valence-corrected chi connectivity index (χ1v) is 14.3. The molecule has 0 amide bonds. The number of hydrogen-bond acceptors (Lipinski definition) is 3. The molecule has 0 spiro atoms. The lowest BCUT2D eigenvalue weighted by atomic mass is 9.38. The van der Waals surface area contributed by atoms with Crippen LogP contribution in [0.3, 0.4) is 0 Å². The van der Waals surface area contributed by atoms with Gasteiger partial charge in [0.15, 0.2) is 0 Å². The first kappa shape index (κ1) is 26.2. The molecular weight excluding hydrogens is 420 g/mol. The van der Waals surface area contributed by atoms with E-state index in [9.17, 15) is 9.90 Å². The Balaban J connectivity index is 1.60. The average molecular weight is 473 g/mol. The average Bonchev–Trinajstić information content (AvgIpc) is 3.16. The van der Waals surface area contributed by atoms with Gasteiger partial charge in [-0.2, -0.15) is 0 Å². The van der Waals surface area contributed by atoms with Gasteiger partial charge in [0.2, 0.25) is 0 Å². The molecule has 0 aromatic carbocycles. The number of aliphatic hydroxyl groups is 1. The molecular formula is C31H52O3. The molecule has 3 heteroatoms. The van der Waals surface area contributed by atoms with E-state index in [2.05, 4.69) is 54.5 Å². The number of carbonyl (C=O) groups is 1. The standard InChI is InChI=1S/C31H52O3/c1-20(2)10-9-17-31(8,34-21(3)32)24-13-12-23-22(24)11-14-26-29(23,6)18-15-25-28(4,5)27(33)16-19-30(25,26)7/h10,22-27,33H,9,11-19H2,1-8H3. The van der Waals surface area contributed by atoms with Gasteiger partial charge in [-0.1, -0.05) is 39.3 Å². The first-order valence-electron chi connectivity index (χ1n) is 14.3. The van der Waals surface area contributed by atoms with Crippen LogP contribution in [0.15, 0.2) is 11.6 Å². The summed E-state index contributed by atoms with van der Waals surface area (Å²) in [6.07, 6.45) is 13.8. The Morgan fingerprint density at radius 3 is 2.26 bits per heavy atom. The maximum absolute atomic E-state index is 12.2. The molecule has 0 heterocycles. The van der Waals surface area contributed by atoms with Gasteiger partial charge in [0.05, 0.1) is 6.10 Å². The minimum Gasteiger partial charge on any atom is -0.459 e. The molecule has 9 atom stereocenters. The van der Waals surface area contributed by atoms with Crippen LogP contribution in [0, 0.1) is 45.8 Å². The molecule has 0 aromatic heterocycles. The van der Waals surface area contributed by atoms with Crippen molar-refractivity contribution in [1.29, 1.82) is 0 Å². The molecule has 9 unspecified atom stereocenters. The first-order chi connectivity index (χ1) is 15.8. The zero-order chi connectivity index (χ0) is 25.1. The van der Waals surface area contributed by atoms with E-state index in [0.717, 1.165) is 31.1 Å². The molecule has 3 nitrogen and oxygen atoms in total. The van der Waals surface area contributed by atoms with Crippen LogP contribution in [0.1, 0.15) is 120 Å². The van der Waals surface area contributed by atoms with E-state index >= 15 is 0 Å². The minimum absolute atomic E-state index is 0.0161. The minimum atomic E-state index is -0.363. The number of aliphatic hydroxyl groups excluding tert-OH is 1.